The van der Waals surface area contributed by atoms with Crippen molar-refractivity contribution in [3.05, 3.63) is 57.1 Å². The summed E-state index contributed by atoms with van der Waals surface area (Å²) in [5, 5.41) is 4.01. The van der Waals surface area contributed by atoms with Crippen molar-refractivity contribution in [3.63, 3.8) is 0 Å². The molecule has 2 aromatic rings. The predicted octanol–water partition coefficient (Wildman–Crippen LogP) is 4.04. The molecule has 1 N–H and O–H groups in total. The first-order valence-electron chi connectivity index (χ1n) is 10.8. The normalized spacial score (nSPS) is 30.8. The lowest BCUT2D eigenvalue weighted by atomic mass is 9.75. The maximum atomic E-state index is 14.0. The lowest BCUT2D eigenvalue weighted by molar-refractivity contribution is -0.135. The number of amides is 3. The topological polar surface area (TPSA) is 69.7 Å². The molecule has 32 heavy (non-hydrogen) atoms. The number of carbonyl (C=O) groups excluding carboxylic acids is 3. The van der Waals surface area contributed by atoms with Gasteiger partial charge in [-0.25, -0.2) is 4.90 Å². The van der Waals surface area contributed by atoms with E-state index in [0.717, 1.165) is 29.5 Å². The SMILES string of the molecule is Cc1ccc(Cl)cc1N1C(=O)[C@H]2[C@@H](C1=O)[C@]1(C(=O)Nc3c1ccc(Cl)c3C)N1CCC[C@@H]21. The van der Waals surface area contributed by atoms with Crippen molar-refractivity contribution in [3.8, 4) is 0 Å². The second kappa shape index (κ2) is 6.56. The van der Waals surface area contributed by atoms with Crippen LogP contribution in [0, 0.1) is 25.7 Å². The van der Waals surface area contributed by atoms with E-state index >= 15 is 0 Å². The molecule has 4 heterocycles. The molecule has 8 heteroatoms. The molecule has 0 radical (unpaired) electrons. The molecule has 0 unspecified atom stereocenters. The average Bonchev–Trinajstić information content (AvgIpc) is 3.46. The van der Waals surface area contributed by atoms with Gasteiger partial charge in [-0.2, -0.15) is 0 Å². The Morgan fingerprint density at radius 2 is 1.84 bits per heavy atom. The van der Waals surface area contributed by atoms with Crippen LogP contribution < -0.4 is 10.2 Å². The molecule has 0 aliphatic carbocycles. The van der Waals surface area contributed by atoms with Gasteiger partial charge >= 0.3 is 0 Å². The van der Waals surface area contributed by atoms with Gasteiger partial charge in [-0.1, -0.05) is 35.3 Å². The minimum atomic E-state index is -1.20. The molecule has 164 valence electrons. The number of hydrogen-bond acceptors (Lipinski definition) is 4. The number of carbonyl (C=O) groups is 3. The van der Waals surface area contributed by atoms with Crippen LogP contribution in [0.1, 0.15) is 29.5 Å². The lowest BCUT2D eigenvalue weighted by Gasteiger charge is -2.36. The summed E-state index contributed by atoms with van der Waals surface area (Å²) in [5.74, 6) is -2.19. The van der Waals surface area contributed by atoms with Crippen LogP contribution in [0.2, 0.25) is 10.0 Å². The molecule has 3 saturated heterocycles. The van der Waals surface area contributed by atoms with Crippen LogP contribution in [-0.2, 0) is 19.9 Å². The van der Waals surface area contributed by atoms with Crippen molar-refractivity contribution in [2.75, 3.05) is 16.8 Å². The van der Waals surface area contributed by atoms with Crippen LogP contribution in [0.5, 0.6) is 0 Å². The number of anilines is 2. The van der Waals surface area contributed by atoms with Crippen LogP contribution in [0.4, 0.5) is 11.4 Å². The number of nitrogens with zero attached hydrogens (tertiary/aromatic N) is 2. The van der Waals surface area contributed by atoms with E-state index in [2.05, 4.69) is 10.2 Å². The van der Waals surface area contributed by atoms with Crippen molar-refractivity contribution in [2.45, 2.75) is 38.3 Å². The Hall–Kier alpha value is -2.41. The molecular formula is C24H21Cl2N3O3. The third-order valence-corrected chi connectivity index (χ3v) is 8.42. The van der Waals surface area contributed by atoms with Crippen molar-refractivity contribution in [1.82, 2.24) is 4.90 Å². The first-order valence-corrected chi connectivity index (χ1v) is 11.6. The zero-order valence-corrected chi connectivity index (χ0v) is 19.1. The summed E-state index contributed by atoms with van der Waals surface area (Å²) in [5.41, 5.74) is 2.25. The number of benzene rings is 2. The van der Waals surface area contributed by atoms with E-state index < -0.39 is 17.4 Å². The van der Waals surface area contributed by atoms with E-state index in [0.29, 0.717) is 28.0 Å². The number of imide groups is 1. The van der Waals surface area contributed by atoms with Crippen LogP contribution >= 0.6 is 23.2 Å². The van der Waals surface area contributed by atoms with E-state index in [-0.39, 0.29) is 23.8 Å². The highest BCUT2D eigenvalue weighted by atomic mass is 35.5. The van der Waals surface area contributed by atoms with E-state index in [1.54, 1.807) is 24.3 Å². The van der Waals surface area contributed by atoms with Crippen molar-refractivity contribution >= 4 is 52.3 Å². The number of rotatable bonds is 1. The van der Waals surface area contributed by atoms with Gasteiger partial charge in [0.05, 0.1) is 23.2 Å². The second-order valence-electron chi connectivity index (χ2n) is 9.16. The van der Waals surface area contributed by atoms with E-state index in [9.17, 15) is 14.4 Å². The van der Waals surface area contributed by atoms with Gasteiger partial charge in [0.2, 0.25) is 17.7 Å². The quantitative estimate of drug-likeness (QED) is 0.639. The van der Waals surface area contributed by atoms with Crippen LogP contribution in [-0.4, -0.2) is 35.2 Å². The number of halogens is 2. The fourth-order valence-electron chi connectivity index (χ4n) is 6.45. The molecule has 0 aromatic heterocycles. The third-order valence-electron chi connectivity index (χ3n) is 7.77. The molecule has 2 aromatic carbocycles. The molecule has 1 spiro atoms. The zero-order chi connectivity index (χ0) is 22.5. The summed E-state index contributed by atoms with van der Waals surface area (Å²) < 4.78 is 0. The van der Waals surface area contributed by atoms with Crippen LogP contribution in [0.25, 0.3) is 0 Å². The van der Waals surface area contributed by atoms with E-state index in [1.807, 2.05) is 19.9 Å². The molecular weight excluding hydrogens is 449 g/mol. The Kier molecular flexibility index (Phi) is 4.15. The fraction of sp³-hybridized carbons (Fsp3) is 0.375. The van der Waals surface area contributed by atoms with Crippen LogP contribution in [0.3, 0.4) is 0 Å². The number of aryl methyl sites for hydroxylation is 1. The summed E-state index contributed by atoms with van der Waals surface area (Å²) in [6.45, 7) is 4.38. The second-order valence-corrected chi connectivity index (χ2v) is 10.0. The van der Waals surface area contributed by atoms with Gasteiger partial charge in [0, 0.05) is 21.7 Å². The molecule has 3 amide bonds. The summed E-state index contributed by atoms with van der Waals surface area (Å²) in [4.78, 5) is 44.8. The molecule has 4 atom stereocenters. The number of fused-ring (bicyclic) bond motifs is 7. The molecule has 0 saturated carbocycles. The van der Waals surface area contributed by atoms with Crippen LogP contribution in [0.15, 0.2) is 30.3 Å². The molecule has 4 aliphatic heterocycles. The Morgan fingerprint density at radius 1 is 1.06 bits per heavy atom. The Labute approximate surface area is 195 Å². The van der Waals surface area contributed by atoms with Gasteiger partial charge in [-0.15, -0.1) is 0 Å². The Balaban J connectivity index is 1.58. The highest BCUT2D eigenvalue weighted by Gasteiger charge is 2.74. The standard InChI is InChI=1S/C24H21Cl2N3O3/c1-11-5-6-13(25)10-17(11)29-21(30)18-16-4-3-9-28(16)24(19(18)22(29)31)14-7-8-15(26)12(2)20(14)27-23(24)32/h5-8,10,16,18-19H,3-4,9H2,1-2H3,(H,27,32)/t16-,18+,19-,24+/m0/s1. The van der Waals surface area contributed by atoms with Gasteiger partial charge in [-0.3, -0.25) is 19.3 Å². The molecule has 6 rings (SSSR count). The van der Waals surface area contributed by atoms with Gasteiger partial charge < -0.3 is 5.32 Å². The van der Waals surface area contributed by atoms with Gasteiger partial charge in [-0.05, 0) is 62.6 Å². The van der Waals surface area contributed by atoms with Crippen molar-refractivity contribution in [2.24, 2.45) is 11.8 Å². The minimum Gasteiger partial charge on any atom is -0.324 e. The van der Waals surface area contributed by atoms with Gasteiger partial charge in [0.1, 0.15) is 5.54 Å². The molecule has 3 fully saturated rings. The summed E-state index contributed by atoms with van der Waals surface area (Å²) in [6, 6.07) is 8.64. The first kappa shape index (κ1) is 20.2. The maximum absolute atomic E-state index is 14.0. The monoisotopic (exact) mass is 469 g/mol. The maximum Gasteiger partial charge on any atom is 0.250 e. The Morgan fingerprint density at radius 3 is 2.62 bits per heavy atom. The average molecular weight is 470 g/mol. The largest absolute Gasteiger partial charge is 0.324 e. The lowest BCUT2D eigenvalue weighted by Crippen LogP contribution is -2.54. The van der Waals surface area contributed by atoms with Crippen molar-refractivity contribution in [1.29, 1.82) is 0 Å². The highest BCUT2D eigenvalue weighted by molar-refractivity contribution is 6.33. The summed E-state index contributed by atoms with van der Waals surface area (Å²) in [7, 11) is 0. The summed E-state index contributed by atoms with van der Waals surface area (Å²) in [6.07, 6.45) is 1.65. The minimum absolute atomic E-state index is 0.159. The Bertz CT molecular complexity index is 1250. The summed E-state index contributed by atoms with van der Waals surface area (Å²) >= 11 is 12.5. The fourth-order valence-corrected chi connectivity index (χ4v) is 6.78. The van der Waals surface area contributed by atoms with Gasteiger partial charge in [0.15, 0.2) is 0 Å². The third kappa shape index (κ3) is 2.23. The highest BCUT2D eigenvalue weighted by Crippen LogP contribution is 2.61. The van der Waals surface area contributed by atoms with E-state index in [1.165, 1.54) is 4.90 Å². The number of hydrogen-bond donors (Lipinski definition) is 1. The first-order chi connectivity index (χ1) is 15.3. The number of nitrogens with one attached hydrogen (secondary N) is 1. The zero-order valence-electron chi connectivity index (χ0n) is 17.6. The molecule has 6 nitrogen and oxygen atoms in total. The molecule has 0 bridgehead atoms. The van der Waals surface area contributed by atoms with E-state index in [4.69, 9.17) is 23.2 Å². The molecule has 4 aliphatic rings. The smallest absolute Gasteiger partial charge is 0.250 e. The predicted molar refractivity (Wildman–Crippen MR) is 122 cm³/mol. The van der Waals surface area contributed by atoms with Crippen molar-refractivity contribution < 1.29 is 14.4 Å². The van der Waals surface area contributed by atoms with Gasteiger partial charge in [0.25, 0.3) is 0 Å².